The summed E-state index contributed by atoms with van der Waals surface area (Å²) in [7, 11) is 1.46. The molecule has 1 N–H and O–H groups in total. The first kappa shape index (κ1) is 13.6. The molecule has 0 spiro atoms. The third-order valence-corrected chi connectivity index (χ3v) is 3.35. The minimum absolute atomic E-state index is 0.174. The molecule has 0 aromatic heterocycles. The van der Waals surface area contributed by atoms with E-state index in [0.717, 1.165) is 11.1 Å². The summed E-state index contributed by atoms with van der Waals surface area (Å²) >= 11 is 0. The Morgan fingerprint density at radius 3 is 2.47 bits per heavy atom. The van der Waals surface area contributed by atoms with Crippen molar-refractivity contribution >= 4 is 0 Å². The number of benzene rings is 2. The molecule has 0 heterocycles. The van der Waals surface area contributed by atoms with Gasteiger partial charge < -0.3 is 9.84 Å². The van der Waals surface area contributed by atoms with Crippen LogP contribution < -0.4 is 4.74 Å². The average molecular weight is 260 g/mol. The van der Waals surface area contributed by atoms with Gasteiger partial charge in [-0.15, -0.1) is 0 Å². The standard InChI is InChI=1S/C16H17FO2/c1-10-7-8-12(9-11(10)2)16(18)15-13(17)5-4-6-14(15)19-3/h4-9,16,18H,1-3H3. The summed E-state index contributed by atoms with van der Waals surface area (Å²) in [6, 6.07) is 10.1. The molecule has 1 atom stereocenters. The number of hydrogen-bond donors (Lipinski definition) is 1. The molecule has 3 heteroatoms. The summed E-state index contributed by atoms with van der Waals surface area (Å²) in [4.78, 5) is 0. The number of rotatable bonds is 3. The summed E-state index contributed by atoms with van der Waals surface area (Å²) < 4.78 is 19.0. The fraction of sp³-hybridized carbons (Fsp3) is 0.250. The van der Waals surface area contributed by atoms with E-state index >= 15 is 0 Å². The Bertz CT molecular complexity index is 593. The highest BCUT2D eigenvalue weighted by Crippen LogP contribution is 2.32. The van der Waals surface area contributed by atoms with Crippen molar-refractivity contribution in [1.29, 1.82) is 0 Å². The molecule has 2 rings (SSSR count). The van der Waals surface area contributed by atoms with Crippen LogP contribution in [0.4, 0.5) is 4.39 Å². The number of halogens is 1. The zero-order chi connectivity index (χ0) is 14.0. The van der Waals surface area contributed by atoms with Gasteiger partial charge in [0.05, 0.1) is 12.7 Å². The second-order valence-electron chi connectivity index (χ2n) is 4.60. The van der Waals surface area contributed by atoms with Crippen LogP contribution in [-0.2, 0) is 0 Å². The van der Waals surface area contributed by atoms with Gasteiger partial charge in [-0.2, -0.15) is 0 Å². The molecule has 2 nitrogen and oxygen atoms in total. The molecule has 2 aromatic carbocycles. The predicted octanol–water partition coefficient (Wildman–Crippen LogP) is 3.53. The summed E-state index contributed by atoms with van der Waals surface area (Å²) in [5.74, 6) is -0.115. The Morgan fingerprint density at radius 1 is 1.11 bits per heavy atom. The first-order chi connectivity index (χ1) is 9.04. The fourth-order valence-electron chi connectivity index (χ4n) is 2.06. The maximum Gasteiger partial charge on any atom is 0.133 e. The Labute approximate surface area is 112 Å². The molecule has 0 aliphatic carbocycles. The van der Waals surface area contributed by atoms with Crippen molar-refractivity contribution in [1.82, 2.24) is 0 Å². The highest BCUT2D eigenvalue weighted by atomic mass is 19.1. The van der Waals surface area contributed by atoms with Gasteiger partial charge in [-0.25, -0.2) is 4.39 Å². The van der Waals surface area contributed by atoms with E-state index in [1.807, 2.05) is 26.0 Å². The monoisotopic (exact) mass is 260 g/mol. The molecule has 0 bridgehead atoms. The van der Waals surface area contributed by atoms with Crippen molar-refractivity contribution in [2.45, 2.75) is 20.0 Å². The van der Waals surface area contributed by atoms with Crippen molar-refractivity contribution in [3.63, 3.8) is 0 Å². The molecule has 100 valence electrons. The van der Waals surface area contributed by atoms with Gasteiger partial charge in [0, 0.05) is 0 Å². The molecule has 1 unspecified atom stereocenters. The lowest BCUT2D eigenvalue weighted by molar-refractivity contribution is 0.209. The number of aliphatic hydroxyl groups excluding tert-OH is 1. The smallest absolute Gasteiger partial charge is 0.133 e. The van der Waals surface area contributed by atoms with E-state index in [2.05, 4.69) is 0 Å². The molecular weight excluding hydrogens is 243 g/mol. The molecule has 0 aliphatic rings. The van der Waals surface area contributed by atoms with E-state index in [1.54, 1.807) is 18.2 Å². The lowest BCUT2D eigenvalue weighted by Crippen LogP contribution is -2.05. The largest absolute Gasteiger partial charge is 0.496 e. The molecule has 19 heavy (non-hydrogen) atoms. The number of methoxy groups -OCH3 is 1. The zero-order valence-corrected chi connectivity index (χ0v) is 11.3. The van der Waals surface area contributed by atoms with Crippen LogP contribution in [0.5, 0.6) is 5.75 Å². The van der Waals surface area contributed by atoms with Crippen LogP contribution in [0.15, 0.2) is 36.4 Å². The quantitative estimate of drug-likeness (QED) is 0.914. The van der Waals surface area contributed by atoms with Crippen LogP contribution in [0.2, 0.25) is 0 Å². The van der Waals surface area contributed by atoms with Gasteiger partial charge in [-0.3, -0.25) is 0 Å². The number of aryl methyl sites for hydroxylation is 2. The van der Waals surface area contributed by atoms with Gasteiger partial charge in [0.15, 0.2) is 0 Å². The fourth-order valence-corrected chi connectivity index (χ4v) is 2.06. The summed E-state index contributed by atoms with van der Waals surface area (Å²) in [6.45, 7) is 3.96. The van der Waals surface area contributed by atoms with Crippen LogP contribution in [0.3, 0.4) is 0 Å². The molecule has 0 fully saturated rings. The predicted molar refractivity (Wildman–Crippen MR) is 72.9 cm³/mol. The van der Waals surface area contributed by atoms with Crippen LogP contribution >= 0.6 is 0 Å². The van der Waals surface area contributed by atoms with Crippen LogP contribution in [-0.4, -0.2) is 12.2 Å². The topological polar surface area (TPSA) is 29.5 Å². The van der Waals surface area contributed by atoms with Crippen LogP contribution in [0.1, 0.15) is 28.4 Å². The van der Waals surface area contributed by atoms with Gasteiger partial charge in [-0.1, -0.05) is 24.3 Å². The van der Waals surface area contributed by atoms with E-state index in [9.17, 15) is 9.50 Å². The zero-order valence-electron chi connectivity index (χ0n) is 11.3. The maximum atomic E-state index is 13.9. The van der Waals surface area contributed by atoms with E-state index < -0.39 is 11.9 Å². The third-order valence-electron chi connectivity index (χ3n) is 3.35. The minimum atomic E-state index is -1.03. The minimum Gasteiger partial charge on any atom is -0.496 e. The molecule has 2 aromatic rings. The van der Waals surface area contributed by atoms with Gasteiger partial charge >= 0.3 is 0 Å². The van der Waals surface area contributed by atoms with Crippen molar-refractivity contribution in [2.75, 3.05) is 7.11 Å². The Morgan fingerprint density at radius 2 is 1.84 bits per heavy atom. The van der Waals surface area contributed by atoms with E-state index in [-0.39, 0.29) is 5.56 Å². The molecule has 0 aliphatic heterocycles. The first-order valence-corrected chi connectivity index (χ1v) is 6.12. The van der Waals surface area contributed by atoms with Crippen molar-refractivity contribution < 1.29 is 14.2 Å². The van der Waals surface area contributed by atoms with Crippen molar-refractivity contribution in [3.8, 4) is 5.75 Å². The van der Waals surface area contributed by atoms with Crippen molar-refractivity contribution in [2.24, 2.45) is 0 Å². The number of hydrogen-bond acceptors (Lipinski definition) is 2. The van der Waals surface area contributed by atoms with E-state index in [1.165, 1.54) is 13.2 Å². The second-order valence-corrected chi connectivity index (χ2v) is 4.60. The normalized spacial score (nSPS) is 12.3. The van der Waals surface area contributed by atoms with Gasteiger partial charge in [0.1, 0.15) is 17.7 Å². The van der Waals surface area contributed by atoms with Gasteiger partial charge in [0.25, 0.3) is 0 Å². The van der Waals surface area contributed by atoms with Gasteiger partial charge in [-0.05, 0) is 42.7 Å². The summed E-state index contributed by atoms with van der Waals surface area (Å²) in [5, 5.41) is 10.4. The van der Waals surface area contributed by atoms with Crippen molar-refractivity contribution in [3.05, 3.63) is 64.5 Å². The van der Waals surface area contributed by atoms with Gasteiger partial charge in [0.2, 0.25) is 0 Å². The Kier molecular flexibility index (Phi) is 3.86. The van der Waals surface area contributed by atoms with Crippen LogP contribution in [0, 0.1) is 19.7 Å². The van der Waals surface area contributed by atoms with E-state index in [4.69, 9.17) is 4.74 Å². The molecule has 0 saturated heterocycles. The number of aliphatic hydroxyl groups is 1. The second kappa shape index (κ2) is 5.41. The lowest BCUT2D eigenvalue weighted by atomic mass is 9.97. The lowest BCUT2D eigenvalue weighted by Gasteiger charge is -2.17. The highest BCUT2D eigenvalue weighted by Gasteiger charge is 2.20. The third kappa shape index (κ3) is 2.61. The Balaban J connectivity index is 2.49. The summed E-state index contributed by atoms with van der Waals surface area (Å²) in [5.41, 5.74) is 3.03. The molecule has 0 amide bonds. The highest BCUT2D eigenvalue weighted by molar-refractivity contribution is 5.43. The number of ether oxygens (including phenoxy) is 1. The van der Waals surface area contributed by atoms with E-state index in [0.29, 0.717) is 11.3 Å². The first-order valence-electron chi connectivity index (χ1n) is 6.12. The Hall–Kier alpha value is -1.87. The van der Waals surface area contributed by atoms with Crippen LogP contribution in [0.25, 0.3) is 0 Å². The maximum absolute atomic E-state index is 13.9. The average Bonchev–Trinajstić information content (AvgIpc) is 2.40. The SMILES string of the molecule is COc1cccc(F)c1C(O)c1ccc(C)c(C)c1. The molecule has 0 radical (unpaired) electrons. The molecular formula is C16H17FO2. The molecule has 0 saturated carbocycles. The summed E-state index contributed by atoms with van der Waals surface area (Å²) in [6.07, 6.45) is -1.03.